The quantitative estimate of drug-likeness (QED) is 0.121. The molecule has 0 saturated heterocycles. The van der Waals surface area contributed by atoms with Gasteiger partial charge in [0, 0.05) is 86.5 Å². The van der Waals surface area contributed by atoms with E-state index in [1.54, 1.807) is 11.3 Å². The van der Waals surface area contributed by atoms with Crippen LogP contribution in [0.5, 0.6) is 0 Å². The summed E-state index contributed by atoms with van der Waals surface area (Å²) in [6.45, 7) is 0. The molecule has 0 amide bonds. The fraction of sp³-hybridized carbons (Fsp3) is 0. The first kappa shape index (κ1) is 61.5. The Morgan fingerprint density at radius 3 is 1.28 bits per heavy atom. The van der Waals surface area contributed by atoms with Gasteiger partial charge in [-0.3, -0.25) is 0 Å². The van der Waals surface area contributed by atoms with Crippen molar-refractivity contribution in [3.63, 3.8) is 0 Å². The average molecular weight is 1380 g/mol. The molecule has 21 rings (SSSR count). The van der Waals surface area contributed by atoms with Crippen LogP contribution in [0.4, 0.5) is 0 Å². The molecule has 0 N–H and O–H groups in total. The monoisotopic (exact) mass is 1380 g/mol. The van der Waals surface area contributed by atoms with E-state index in [1.165, 1.54) is 80.9 Å². The normalized spacial score (nSPS) is 11.7. The Morgan fingerprint density at radius 2 is 0.617 bits per heavy atom. The number of aromatic nitrogens is 8. The lowest BCUT2D eigenvalue weighted by atomic mass is 9.94. The van der Waals surface area contributed by atoms with Gasteiger partial charge in [0.25, 0.3) is 0 Å². The molecule has 5 aromatic heterocycles. The minimum atomic E-state index is 0.576. The Bertz CT molecular complexity index is 7090. The lowest BCUT2D eigenvalue weighted by Gasteiger charge is -2.13. The van der Waals surface area contributed by atoms with E-state index in [9.17, 15) is 0 Å². The van der Waals surface area contributed by atoms with Crippen LogP contribution in [0.1, 0.15) is 0 Å². The average Bonchev–Trinajstić information content (AvgIpc) is 1.59. The molecule has 0 aliphatic rings. The minimum Gasteiger partial charge on any atom is -0.309 e. The van der Waals surface area contributed by atoms with Crippen LogP contribution in [0.2, 0.25) is 0 Å². The number of thiophene rings is 1. The van der Waals surface area contributed by atoms with Gasteiger partial charge in [0.15, 0.2) is 34.9 Å². The third-order valence-corrected chi connectivity index (χ3v) is 22.2. The van der Waals surface area contributed by atoms with Gasteiger partial charge in [-0.05, 0) is 157 Å². The predicted molar refractivity (Wildman–Crippen MR) is 444 cm³/mol. The van der Waals surface area contributed by atoms with Crippen LogP contribution >= 0.6 is 11.3 Å². The molecule has 0 bridgehead atoms. The van der Waals surface area contributed by atoms with Gasteiger partial charge in [-0.1, -0.05) is 273 Å². The van der Waals surface area contributed by atoms with Gasteiger partial charge in [-0.2, -0.15) is 0 Å². The van der Waals surface area contributed by atoms with Gasteiger partial charge in [0.1, 0.15) is 0 Å². The summed E-state index contributed by atoms with van der Waals surface area (Å²) in [6, 6.07) is 130. The molecule has 16 aromatic carbocycles. The summed E-state index contributed by atoms with van der Waals surface area (Å²) < 4.78 is 7.14. The van der Waals surface area contributed by atoms with Crippen molar-refractivity contribution in [3.05, 3.63) is 364 Å². The molecule has 8 nitrogen and oxygen atoms in total. The number of hydrogen-bond donors (Lipinski definition) is 0. The lowest BCUT2D eigenvalue weighted by molar-refractivity contribution is 1.07. The first-order chi connectivity index (χ1) is 53.0. The number of nitrogens with zero attached hydrogens (tertiary/aromatic N) is 8. The number of fused-ring (bicyclic) bond motifs is 12. The van der Waals surface area contributed by atoms with Crippen molar-refractivity contribution in [2.24, 2.45) is 0 Å². The van der Waals surface area contributed by atoms with Gasteiger partial charge >= 0.3 is 0 Å². The number of benzene rings is 16. The fourth-order valence-electron chi connectivity index (χ4n) is 15.8. The summed E-state index contributed by atoms with van der Waals surface area (Å²) in [5.74, 6) is 3.54. The predicted octanol–water partition coefficient (Wildman–Crippen LogP) is 25.6. The zero-order valence-corrected chi connectivity index (χ0v) is 58.4. The Hall–Kier alpha value is -14.1. The minimum absolute atomic E-state index is 0.576. The highest BCUT2D eigenvalue weighted by Crippen LogP contribution is 2.45. The van der Waals surface area contributed by atoms with Gasteiger partial charge in [0.05, 0.1) is 22.1 Å². The highest BCUT2D eigenvalue weighted by molar-refractivity contribution is 7.26. The Balaban J connectivity index is 0.628. The third kappa shape index (κ3) is 10.7. The van der Waals surface area contributed by atoms with E-state index in [0.29, 0.717) is 34.9 Å². The van der Waals surface area contributed by atoms with Gasteiger partial charge in [-0.25, -0.2) is 29.9 Å². The summed E-state index contributed by atoms with van der Waals surface area (Å²) in [7, 11) is 0. The van der Waals surface area contributed by atoms with Crippen molar-refractivity contribution in [2.45, 2.75) is 0 Å². The summed E-state index contributed by atoms with van der Waals surface area (Å²) in [5, 5.41) is 12.0. The largest absolute Gasteiger partial charge is 0.309 e. The highest BCUT2D eigenvalue weighted by atomic mass is 32.1. The van der Waals surface area contributed by atoms with Crippen LogP contribution in [0.15, 0.2) is 364 Å². The molecule has 0 radical (unpaired) electrons. The first-order valence-electron chi connectivity index (χ1n) is 36.0. The number of para-hydroxylation sites is 3. The molecule has 0 spiro atoms. The van der Waals surface area contributed by atoms with E-state index in [0.717, 1.165) is 93.7 Å². The summed E-state index contributed by atoms with van der Waals surface area (Å²) in [6.07, 6.45) is 0. The SMILES string of the molecule is c1ccc(-c2ccc3c(c2)c2cc4cc(-c5cccc(-c6nc(-c7ccccc7)nc(-c7ccc(-c8cccc(-c9nc(-c%10ccc(-c%11cc%12c(c%13ccccc%11%13)c%11ccccc%11n%12-c%11ccccc%11)cc%10)nc(-c%10cccc%11c%10sc%10ccccc%10%11)n9)c8)cc7)n6)c5)ccc4cc2n3-c2ccccc2)cc1. The van der Waals surface area contributed by atoms with E-state index in [4.69, 9.17) is 29.9 Å². The molecule has 0 fully saturated rings. The number of rotatable bonds is 12. The Labute approximate surface area is 619 Å². The summed E-state index contributed by atoms with van der Waals surface area (Å²) in [5.41, 5.74) is 21.1. The summed E-state index contributed by atoms with van der Waals surface area (Å²) >= 11 is 1.77. The second-order valence-corrected chi connectivity index (χ2v) is 28.4. The maximum absolute atomic E-state index is 5.39. The van der Waals surface area contributed by atoms with Gasteiger partial charge < -0.3 is 9.13 Å². The van der Waals surface area contributed by atoms with Crippen LogP contribution in [-0.2, 0) is 0 Å². The van der Waals surface area contributed by atoms with Crippen molar-refractivity contribution in [3.8, 4) is 124 Å². The lowest BCUT2D eigenvalue weighted by Crippen LogP contribution is -2.00. The molecule has 0 aliphatic carbocycles. The van der Waals surface area contributed by atoms with Crippen LogP contribution in [-0.4, -0.2) is 39.0 Å². The van der Waals surface area contributed by atoms with Crippen LogP contribution in [0.3, 0.4) is 0 Å². The maximum atomic E-state index is 5.39. The van der Waals surface area contributed by atoms with Crippen molar-refractivity contribution in [2.75, 3.05) is 0 Å². The Morgan fingerprint density at radius 1 is 0.196 bits per heavy atom. The molecule has 5 heterocycles. The molecular weight excluding hydrogens is 1320 g/mol. The first-order valence-corrected chi connectivity index (χ1v) is 36.9. The smallest absolute Gasteiger partial charge is 0.165 e. The molecule has 0 unspecified atom stereocenters. The van der Waals surface area contributed by atoms with E-state index >= 15 is 0 Å². The van der Waals surface area contributed by atoms with Crippen molar-refractivity contribution >= 4 is 96.7 Å². The highest BCUT2D eigenvalue weighted by Gasteiger charge is 2.23. The molecule has 107 heavy (non-hydrogen) atoms. The topological polar surface area (TPSA) is 87.2 Å². The molecule has 9 heteroatoms. The molecule has 21 aromatic rings. The zero-order chi connectivity index (χ0) is 70.5. The van der Waals surface area contributed by atoms with Crippen molar-refractivity contribution in [1.29, 1.82) is 0 Å². The van der Waals surface area contributed by atoms with Crippen LogP contribution in [0, 0.1) is 0 Å². The Kier molecular flexibility index (Phi) is 14.6. The van der Waals surface area contributed by atoms with Gasteiger partial charge in [0.2, 0.25) is 0 Å². The zero-order valence-electron chi connectivity index (χ0n) is 57.6. The van der Waals surface area contributed by atoms with E-state index in [1.807, 2.05) is 18.2 Å². The van der Waals surface area contributed by atoms with Crippen molar-refractivity contribution in [1.82, 2.24) is 39.0 Å². The molecule has 0 saturated carbocycles. The fourth-order valence-corrected chi connectivity index (χ4v) is 17.1. The van der Waals surface area contributed by atoms with Crippen LogP contribution < -0.4 is 0 Å². The molecule has 0 aliphatic heterocycles. The van der Waals surface area contributed by atoms with E-state index in [2.05, 4.69) is 355 Å². The van der Waals surface area contributed by atoms with Crippen LogP contribution in [0.25, 0.3) is 210 Å². The molecule has 498 valence electrons. The van der Waals surface area contributed by atoms with E-state index in [-0.39, 0.29) is 0 Å². The molecular formula is C98H60N8S. The van der Waals surface area contributed by atoms with E-state index < -0.39 is 0 Å². The maximum Gasteiger partial charge on any atom is 0.165 e. The third-order valence-electron chi connectivity index (χ3n) is 21.0. The van der Waals surface area contributed by atoms with Gasteiger partial charge in [-0.15, -0.1) is 11.3 Å². The second kappa shape index (κ2) is 25.4. The van der Waals surface area contributed by atoms with Crippen molar-refractivity contribution < 1.29 is 0 Å². The summed E-state index contributed by atoms with van der Waals surface area (Å²) in [4.78, 5) is 31.8. The standard InChI is InChI=1S/C98H60N8S/c1-5-22-61(23-6-1)70-52-53-87-84(57-70)85-58-74-56-69(50-51-71(74)59-88(85)105(87)75-30-9-3-10-31-75)68-27-20-29-73(55-68)96-100-93(64-24-7-2-8-25-64)99-94(101-96)65-46-42-62(43-47-65)67-26-19-28-72(54-67)97-102-95(103-98(104-97)82-39-21-38-80-78-35-16-18-41-90(78)107-92(80)82)66-48-44-63(45-49-66)83-60-89-91(79-36-14-13-34-77(79)83)81-37-15-17-40-86(81)106(89)76-32-11-4-12-33-76/h1-60H. The number of hydrogen-bond acceptors (Lipinski definition) is 7. The second-order valence-electron chi connectivity index (χ2n) is 27.3. The molecule has 0 atom stereocenters.